The Hall–Kier alpha value is -1.42. The highest BCUT2D eigenvalue weighted by atomic mass is 19.1. The molecule has 0 aromatic heterocycles. The van der Waals surface area contributed by atoms with Gasteiger partial charge in [0, 0.05) is 6.04 Å². The molecule has 0 spiro atoms. The maximum atomic E-state index is 13.1. The van der Waals surface area contributed by atoms with E-state index in [9.17, 15) is 9.18 Å². The number of carbonyl (C=O) groups is 1. The molecule has 82 valence electrons. The van der Waals surface area contributed by atoms with E-state index < -0.39 is 12.0 Å². The average Bonchev–Trinajstić information content (AvgIpc) is 2.15. The van der Waals surface area contributed by atoms with Gasteiger partial charge in [-0.25, -0.2) is 4.39 Å². The summed E-state index contributed by atoms with van der Waals surface area (Å²) in [5, 5.41) is 8.57. The van der Waals surface area contributed by atoms with E-state index in [1.165, 1.54) is 12.1 Å². The third kappa shape index (κ3) is 3.32. The molecule has 4 heteroatoms. The van der Waals surface area contributed by atoms with Gasteiger partial charge >= 0.3 is 5.97 Å². The summed E-state index contributed by atoms with van der Waals surface area (Å²) >= 11 is 0. The number of carboxylic acid groups (broad SMARTS) is 1. The van der Waals surface area contributed by atoms with Crippen LogP contribution >= 0.6 is 0 Å². The summed E-state index contributed by atoms with van der Waals surface area (Å²) in [7, 11) is 0. The van der Waals surface area contributed by atoms with Crippen LogP contribution in [0.1, 0.15) is 30.5 Å². The fourth-order valence-electron chi connectivity index (χ4n) is 1.40. The van der Waals surface area contributed by atoms with E-state index in [4.69, 9.17) is 10.8 Å². The summed E-state index contributed by atoms with van der Waals surface area (Å²) in [6.07, 6.45) is 0.511. The quantitative estimate of drug-likeness (QED) is 0.799. The molecule has 1 aromatic rings. The lowest BCUT2D eigenvalue weighted by molar-refractivity contribution is -0.137. The van der Waals surface area contributed by atoms with E-state index in [0.717, 1.165) is 5.56 Å². The number of hydrogen-bond donors (Lipinski definition) is 2. The van der Waals surface area contributed by atoms with Crippen molar-refractivity contribution >= 4 is 5.97 Å². The second-order valence-electron chi connectivity index (χ2n) is 3.45. The van der Waals surface area contributed by atoms with Crippen molar-refractivity contribution in [2.75, 3.05) is 0 Å². The molecule has 15 heavy (non-hydrogen) atoms. The van der Waals surface area contributed by atoms with Crippen LogP contribution in [0.15, 0.2) is 18.2 Å². The largest absolute Gasteiger partial charge is 0.481 e. The van der Waals surface area contributed by atoms with Crippen LogP contribution in [-0.2, 0) is 11.2 Å². The summed E-state index contributed by atoms with van der Waals surface area (Å²) in [4.78, 5) is 10.4. The van der Waals surface area contributed by atoms with Crippen molar-refractivity contribution in [2.45, 2.75) is 25.8 Å². The van der Waals surface area contributed by atoms with Gasteiger partial charge in [0.15, 0.2) is 0 Å². The fraction of sp³-hybridized carbons (Fsp3) is 0.364. The van der Waals surface area contributed by atoms with Crippen molar-refractivity contribution in [1.82, 2.24) is 0 Å². The molecule has 0 aliphatic carbocycles. The van der Waals surface area contributed by atoms with Crippen LogP contribution in [0.4, 0.5) is 4.39 Å². The zero-order valence-corrected chi connectivity index (χ0v) is 8.53. The first-order chi connectivity index (χ1) is 7.02. The molecule has 0 bridgehead atoms. The smallest absolute Gasteiger partial charge is 0.305 e. The van der Waals surface area contributed by atoms with Gasteiger partial charge in [0.25, 0.3) is 0 Å². The van der Waals surface area contributed by atoms with Crippen LogP contribution in [-0.4, -0.2) is 11.1 Å². The first kappa shape index (κ1) is 11.7. The average molecular weight is 211 g/mol. The Labute approximate surface area is 87.7 Å². The molecule has 0 saturated heterocycles. The predicted molar refractivity (Wildman–Crippen MR) is 55.0 cm³/mol. The van der Waals surface area contributed by atoms with Gasteiger partial charge in [0.2, 0.25) is 0 Å². The Balaban J connectivity index is 2.92. The topological polar surface area (TPSA) is 63.3 Å². The molecule has 1 unspecified atom stereocenters. The Kier molecular flexibility index (Phi) is 3.80. The summed E-state index contributed by atoms with van der Waals surface area (Å²) in [6.45, 7) is 1.90. The van der Waals surface area contributed by atoms with Gasteiger partial charge in [-0.3, -0.25) is 4.79 Å². The summed E-state index contributed by atoms with van der Waals surface area (Å²) in [6, 6.07) is 3.81. The second-order valence-corrected chi connectivity index (χ2v) is 3.45. The van der Waals surface area contributed by atoms with Gasteiger partial charge in [0.05, 0.1) is 6.42 Å². The molecule has 3 nitrogen and oxygen atoms in total. The van der Waals surface area contributed by atoms with Crippen LogP contribution in [0.3, 0.4) is 0 Å². The summed E-state index contributed by atoms with van der Waals surface area (Å²) in [5.74, 6) is -1.35. The van der Waals surface area contributed by atoms with E-state index in [-0.39, 0.29) is 12.2 Å². The highest BCUT2D eigenvalue weighted by molar-refractivity contribution is 5.67. The maximum absolute atomic E-state index is 13.1. The SMILES string of the molecule is CCc1cc(F)cc(C(N)CC(=O)O)c1. The van der Waals surface area contributed by atoms with E-state index in [0.29, 0.717) is 12.0 Å². The molecule has 1 rings (SSSR count). The highest BCUT2D eigenvalue weighted by Gasteiger charge is 2.12. The lowest BCUT2D eigenvalue weighted by atomic mass is 10.0. The van der Waals surface area contributed by atoms with Crippen molar-refractivity contribution in [3.63, 3.8) is 0 Å². The van der Waals surface area contributed by atoms with Crippen LogP contribution < -0.4 is 5.73 Å². The Morgan fingerprint density at radius 3 is 2.73 bits per heavy atom. The van der Waals surface area contributed by atoms with Crippen molar-refractivity contribution < 1.29 is 14.3 Å². The van der Waals surface area contributed by atoms with E-state index in [1.54, 1.807) is 6.07 Å². The number of halogens is 1. The van der Waals surface area contributed by atoms with Crippen molar-refractivity contribution in [3.8, 4) is 0 Å². The number of aliphatic carboxylic acids is 1. The van der Waals surface area contributed by atoms with Crippen LogP contribution in [0.5, 0.6) is 0 Å². The maximum Gasteiger partial charge on any atom is 0.305 e. The number of carboxylic acids is 1. The van der Waals surface area contributed by atoms with Crippen LogP contribution in [0.25, 0.3) is 0 Å². The molecule has 0 heterocycles. The number of nitrogens with two attached hydrogens (primary N) is 1. The van der Waals surface area contributed by atoms with Gasteiger partial charge in [-0.15, -0.1) is 0 Å². The fourth-order valence-corrected chi connectivity index (χ4v) is 1.40. The van der Waals surface area contributed by atoms with Gasteiger partial charge in [-0.2, -0.15) is 0 Å². The molecule has 0 radical (unpaired) electrons. The second kappa shape index (κ2) is 4.89. The van der Waals surface area contributed by atoms with Crippen molar-refractivity contribution in [3.05, 3.63) is 35.1 Å². The Morgan fingerprint density at radius 1 is 1.53 bits per heavy atom. The molecule has 0 aliphatic rings. The predicted octanol–water partition coefficient (Wildman–Crippen LogP) is 1.86. The number of benzene rings is 1. The Morgan fingerprint density at radius 2 is 2.20 bits per heavy atom. The zero-order valence-electron chi connectivity index (χ0n) is 8.53. The highest BCUT2D eigenvalue weighted by Crippen LogP contribution is 2.18. The van der Waals surface area contributed by atoms with E-state index in [2.05, 4.69) is 0 Å². The monoisotopic (exact) mass is 211 g/mol. The summed E-state index contributed by atoms with van der Waals surface area (Å²) in [5.41, 5.74) is 7.00. The molecule has 0 amide bonds. The summed E-state index contributed by atoms with van der Waals surface area (Å²) < 4.78 is 13.1. The van der Waals surface area contributed by atoms with Crippen LogP contribution in [0, 0.1) is 5.82 Å². The van der Waals surface area contributed by atoms with Crippen LogP contribution in [0.2, 0.25) is 0 Å². The van der Waals surface area contributed by atoms with Gasteiger partial charge in [-0.05, 0) is 29.7 Å². The lowest BCUT2D eigenvalue weighted by Crippen LogP contribution is -2.15. The minimum atomic E-state index is -0.982. The molecular weight excluding hydrogens is 197 g/mol. The number of rotatable bonds is 4. The standard InChI is InChI=1S/C11H14FNO2/c1-2-7-3-8(5-9(12)4-7)10(13)6-11(14)15/h3-5,10H,2,6,13H2,1H3,(H,14,15). The van der Waals surface area contributed by atoms with Crippen molar-refractivity contribution in [2.24, 2.45) is 5.73 Å². The molecule has 0 aliphatic heterocycles. The molecule has 3 N–H and O–H groups in total. The lowest BCUT2D eigenvalue weighted by Gasteiger charge is -2.10. The Bertz CT molecular complexity index is 366. The first-order valence-electron chi connectivity index (χ1n) is 4.79. The molecule has 0 fully saturated rings. The van der Waals surface area contributed by atoms with Gasteiger partial charge < -0.3 is 10.8 Å². The minimum Gasteiger partial charge on any atom is -0.481 e. The third-order valence-corrected chi connectivity index (χ3v) is 2.21. The normalized spacial score (nSPS) is 12.5. The zero-order chi connectivity index (χ0) is 11.4. The van der Waals surface area contributed by atoms with E-state index >= 15 is 0 Å². The number of hydrogen-bond acceptors (Lipinski definition) is 2. The third-order valence-electron chi connectivity index (χ3n) is 2.21. The molecule has 1 atom stereocenters. The molecular formula is C11H14FNO2. The van der Waals surface area contributed by atoms with Crippen molar-refractivity contribution in [1.29, 1.82) is 0 Å². The first-order valence-corrected chi connectivity index (χ1v) is 4.79. The minimum absolute atomic E-state index is 0.188. The molecule has 0 saturated carbocycles. The van der Waals surface area contributed by atoms with E-state index in [1.807, 2.05) is 6.92 Å². The van der Waals surface area contributed by atoms with Gasteiger partial charge in [-0.1, -0.05) is 13.0 Å². The number of aryl methyl sites for hydroxylation is 1. The van der Waals surface area contributed by atoms with Gasteiger partial charge in [0.1, 0.15) is 5.82 Å². The molecule has 1 aromatic carbocycles.